The van der Waals surface area contributed by atoms with Crippen LogP contribution >= 0.6 is 0 Å². The van der Waals surface area contributed by atoms with E-state index in [1.807, 2.05) is 31.2 Å². The zero-order valence-corrected chi connectivity index (χ0v) is 13.3. The number of aromatic hydroxyl groups is 1. The minimum absolute atomic E-state index is 0.183. The third-order valence-corrected chi connectivity index (χ3v) is 3.25. The molecule has 4 nitrogen and oxygen atoms in total. The van der Waals surface area contributed by atoms with E-state index in [-0.39, 0.29) is 12.5 Å². The van der Waals surface area contributed by atoms with Crippen molar-refractivity contribution < 1.29 is 15.0 Å². The van der Waals surface area contributed by atoms with Gasteiger partial charge in [-0.2, -0.15) is 0 Å². The number of hydrogen-bond acceptors (Lipinski definition) is 3. The van der Waals surface area contributed by atoms with Gasteiger partial charge in [0.2, 0.25) is 5.91 Å². The van der Waals surface area contributed by atoms with Crippen LogP contribution in [-0.2, 0) is 11.2 Å². The zero-order chi connectivity index (χ0) is 17.1. The average molecular weight is 313 g/mol. The zero-order valence-electron chi connectivity index (χ0n) is 13.3. The Morgan fingerprint density at radius 3 is 2.39 bits per heavy atom. The largest absolute Gasteiger partial charge is 0.508 e. The molecule has 0 unspecified atom stereocenters. The van der Waals surface area contributed by atoms with Crippen LogP contribution in [0, 0.1) is 6.92 Å². The number of anilines is 1. The quantitative estimate of drug-likeness (QED) is 0.741. The van der Waals surface area contributed by atoms with Gasteiger partial charge >= 0.3 is 0 Å². The molecule has 1 amide bonds. The van der Waals surface area contributed by atoms with Gasteiger partial charge < -0.3 is 15.5 Å². The Bertz CT molecular complexity index is 624. The number of hydrogen-bond donors (Lipinski definition) is 3. The summed E-state index contributed by atoms with van der Waals surface area (Å²) in [4.78, 5) is 11.2. The van der Waals surface area contributed by atoms with E-state index in [1.165, 1.54) is 6.08 Å². The van der Waals surface area contributed by atoms with Gasteiger partial charge in [-0.1, -0.05) is 36.9 Å². The van der Waals surface area contributed by atoms with Crippen molar-refractivity contribution in [1.82, 2.24) is 0 Å². The number of aryl methyl sites for hydroxylation is 1. The first-order valence-electron chi connectivity index (χ1n) is 7.45. The lowest BCUT2D eigenvalue weighted by molar-refractivity contribution is -0.111. The molecule has 0 saturated carbocycles. The van der Waals surface area contributed by atoms with E-state index in [0.717, 1.165) is 29.7 Å². The fourth-order valence-corrected chi connectivity index (χ4v) is 1.97. The van der Waals surface area contributed by atoms with Crippen molar-refractivity contribution in [2.45, 2.75) is 19.8 Å². The number of carbonyl (C=O) groups is 1. The molecule has 0 aliphatic heterocycles. The number of phenolic OH excluding ortho intramolecular Hbond substituents is 1. The first-order chi connectivity index (χ1) is 11.1. The SMILES string of the molecule is C=CC(=O)Nc1cccc(CCCO)c1C.Oc1ccccc1. The normalized spacial score (nSPS) is 9.48. The Hall–Kier alpha value is -2.59. The van der Waals surface area contributed by atoms with Crippen LogP contribution in [0.25, 0.3) is 0 Å². The lowest BCUT2D eigenvalue weighted by Gasteiger charge is -2.11. The molecule has 0 fully saturated rings. The maximum atomic E-state index is 11.2. The van der Waals surface area contributed by atoms with Crippen molar-refractivity contribution in [3.05, 3.63) is 72.3 Å². The van der Waals surface area contributed by atoms with Crippen LogP contribution in [0.3, 0.4) is 0 Å². The highest BCUT2D eigenvalue weighted by molar-refractivity contribution is 5.99. The number of para-hydroxylation sites is 1. The highest BCUT2D eigenvalue weighted by atomic mass is 16.3. The van der Waals surface area contributed by atoms with Crippen molar-refractivity contribution in [3.63, 3.8) is 0 Å². The summed E-state index contributed by atoms with van der Waals surface area (Å²) in [6, 6.07) is 14.5. The molecule has 0 aliphatic rings. The van der Waals surface area contributed by atoms with Crippen molar-refractivity contribution in [3.8, 4) is 5.75 Å². The Morgan fingerprint density at radius 1 is 1.17 bits per heavy atom. The average Bonchev–Trinajstić information content (AvgIpc) is 2.57. The number of aliphatic hydroxyl groups is 1. The molecule has 3 N–H and O–H groups in total. The number of rotatable bonds is 5. The van der Waals surface area contributed by atoms with Gasteiger partial charge in [0.1, 0.15) is 5.75 Å². The smallest absolute Gasteiger partial charge is 0.247 e. The molecule has 0 radical (unpaired) electrons. The van der Waals surface area contributed by atoms with Gasteiger partial charge in [0.05, 0.1) is 0 Å². The van der Waals surface area contributed by atoms with Crippen molar-refractivity contribution in [2.75, 3.05) is 11.9 Å². The topological polar surface area (TPSA) is 69.6 Å². The highest BCUT2D eigenvalue weighted by Crippen LogP contribution is 2.20. The molecule has 0 aromatic heterocycles. The standard InChI is InChI=1S/C13H17NO2.C6H6O/c1-3-13(16)14-12-8-4-6-11(10(12)2)7-5-9-15;7-6-4-2-1-3-5-6/h3-4,6,8,15H,1,5,7,9H2,2H3,(H,14,16);1-5,7H. The van der Waals surface area contributed by atoms with E-state index < -0.39 is 0 Å². The third-order valence-electron chi connectivity index (χ3n) is 3.25. The van der Waals surface area contributed by atoms with Gasteiger partial charge in [-0.3, -0.25) is 4.79 Å². The van der Waals surface area contributed by atoms with E-state index in [1.54, 1.807) is 24.3 Å². The molecule has 2 aromatic carbocycles. The van der Waals surface area contributed by atoms with Gasteiger partial charge in [0.15, 0.2) is 0 Å². The lowest BCUT2D eigenvalue weighted by atomic mass is 10.0. The van der Waals surface area contributed by atoms with Crippen LogP contribution in [0.2, 0.25) is 0 Å². The number of aliphatic hydroxyl groups excluding tert-OH is 1. The number of carbonyl (C=O) groups excluding carboxylic acids is 1. The van der Waals surface area contributed by atoms with Crippen LogP contribution in [0.5, 0.6) is 5.75 Å². The van der Waals surface area contributed by atoms with E-state index in [2.05, 4.69) is 11.9 Å². The van der Waals surface area contributed by atoms with Gasteiger partial charge in [-0.25, -0.2) is 0 Å². The third kappa shape index (κ3) is 6.80. The number of amides is 1. The molecular formula is C19H23NO3. The summed E-state index contributed by atoms with van der Waals surface area (Å²) in [5.74, 6) is 0.116. The predicted molar refractivity (Wildman–Crippen MR) is 93.5 cm³/mol. The summed E-state index contributed by atoms with van der Waals surface area (Å²) in [6.07, 6.45) is 2.81. The first kappa shape index (κ1) is 18.5. The van der Waals surface area contributed by atoms with E-state index in [4.69, 9.17) is 10.2 Å². The molecule has 0 bridgehead atoms. The monoisotopic (exact) mass is 313 g/mol. The van der Waals surface area contributed by atoms with Gasteiger partial charge in [-0.05, 0) is 55.2 Å². The van der Waals surface area contributed by atoms with E-state index >= 15 is 0 Å². The second-order valence-corrected chi connectivity index (χ2v) is 4.95. The van der Waals surface area contributed by atoms with Crippen LogP contribution in [0.15, 0.2) is 61.2 Å². The summed E-state index contributed by atoms with van der Waals surface area (Å²) >= 11 is 0. The second kappa shape index (κ2) is 10.2. The Balaban J connectivity index is 0.000000313. The number of phenols is 1. The van der Waals surface area contributed by atoms with Crippen molar-refractivity contribution in [1.29, 1.82) is 0 Å². The Kier molecular flexibility index (Phi) is 8.18. The molecule has 122 valence electrons. The molecule has 4 heteroatoms. The first-order valence-corrected chi connectivity index (χ1v) is 7.45. The molecule has 0 spiro atoms. The highest BCUT2D eigenvalue weighted by Gasteiger charge is 2.05. The van der Waals surface area contributed by atoms with Gasteiger partial charge in [0.25, 0.3) is 0 Å². The number of nitrogens with one attached hydrogen (secondary N) is 1. The fraction of sp³-hybridized carbons (Fsp3) is 0.211. The molecule has 2 aromatic rings. The lowest BCUT2D eigenvalue weighted by Crippen LogP contribution is -2.09. The van der Waals surface area contributed by atoms with Crippen LogP contribution in [-0.4, -0.2) is 22.7 Å². The van der Waals surface area contributed by atoms with Crippen molar-refractivity contribution >= 4 is 11.6 Å². The van der Waals surface area contributed by atoms with Crippen molar-refractivity contribution in [2.24, 2.45) is 0 Å². The molecule has 0 aliphatic carbocycles. The van der Waals surface area contributed by atoms with E-state index in [9.17, 15) is 4.79 Å². The maximum Gasteiger partial charge on any atom is 0.247 e. The second-order valence-electron chi connectivity index (χ2n) is 4.95. The summed E-state index contributed by atoms with van der Waals surface area (Å²) in [5, 5.41) is 20.2. The minimum atomic E-state index is -0.206. The fourth-order valence-electron chi connectivity index (χ4n) is 1.97. The Labute approximate surface area is 137 Å². The van der Waals surface area contributed by atoms with Gasteiger partial charge in [0, 0.05) is 12.3 Å². The molecule has 0 heterocycles. The molecule has 2 rings (SSSR count). The summed E-state index contributed by atoms with van der Waals surface area (Å²) in [5.41, 5.74) is 3.00. The van der Waals surface area contributed by atoms with E-state index in [0.29, 0.717) is 5.75 Å². The predicted octanol–water partition coefficient (Wildman–Crippen LogP) is 3.44. The van der Waals surface area contributed by atoms with Crippen LogP contribution in [0.4, 0.5) is 5.69 Å². The van der Waals surface area contributed by atoms with Gasteiger partial charge in [-0.15, -0.1) is 0 Å². The van der Waals surface area contributed by atoms with Crippen LogP contribution in [0.1, 0.15) is 17.5 Å². The molecule has 0 saturated heterocycles. The summed E-state index contributed by atoms with van der Waals surface area (Å²) in [6.45, 7) is 5.56. The molecule has 23 heavy (non-hydrogen) atoms. The minimum Gasteiger partial charge on any atom is -0.508 e. The summed E-state index contributed by atoms with van der Waals surface area (Å²) in [7, 11) is 0. The Morgan fingerprint density at radius 2 is 1.87 bits per heavy atom. The number of benzene rings is 2. The molecule has 0 atom stereocenters. The van der Waals surface area contributed by atoms with Crippen LogP contribution < -0.4 is 5.32 Å². The summed E-state index contributed by atoms with van der Waals surface area (Å²) < 4.78 is 0. The maximum absolute atomic E-state index is 11.2. The molecular weight excluding hydrogens is 290 g/mol.